The van der Waals surface area contributed by atoms with Gasteiger partial charge >= 0.3 is 5.97 Å². The normalized spacial score (nSPS) is 20.2. The standard InChI is InChI=1S/C12H22N2O3/c1-3-4-7-13-11(15)9-14-8-5-6-10(14)12(16)17-2/h10H,3-9H2,1-2H3,(H,13,15). The topological polar surface area (TPSA) is 58.6 Å². The van der Waals surface area contributed by atoms with Crippen LogP contribution in [-0.2, 0) is 14.3 Å². The first-order chi connectivity index (χ1) is 8.19. The highest BCUT2D eigenvalue weighted by atomic mass is 16.5. The Morgan fingerprint density at radius 1 is 1.47 bits per heavy atom. The molecule has 0 bridgehead atoms. The molecular formula is C12H22N2O3. The van der Waals surface area contributed by atoms with E-state index in [1.165, 1.54) is 7.11 Å². The van der Waals surface area contributed by atoms with Crippen LogP contribution in [0.1, 0.15) is 32.6 Å². The fraction of sp³-hybridized carbons (Fsp3) is 0.833. The molecule has 0 saturated carbocycles. The number of amides is 1. The van der Waals surface area contributed by atoms with Crippen LogP contribution in [0.15, 0.2) is 0 Å². The quantitative estimate of drug-likeness (QED) is 0.545. The first kappa shape index (κ1) is 14.0. The molecule has 0 aromatic rings. The molecule has 0 aromatic heterocycles. The summed E-state index contributed by atoms with van der Waals surface area (Å²) in [7, 11) is 1.39. The summed E-state index contributed by atoms with van der Waals surface area (Å²) in [5.41, 5.74) is 0. The van der Waals surface area contributed by atoms with Gasteiger partial charge in [0.05, 0.1) is 13.7 Å². The number of ether oxygens (including phenoxy) is 1. The van der Waals surface area contributed by atoms with E-state index in [4.69, 9.17) is 4.74 Å². The summed E-state index contributed by atoms with van der Waals surface area (Å²) in [6.45, 7) is 3.89. The van der Waals surface area contributed by atoms with Crippen molar-refractivity contribution in [2.45, 2.75) is 38.6 Å². The van der Waals surface area contributed by atoms with Gasteiger partial charge in [0.15, 0.2) is 0 Å². The largest absolute Gasteiger partial charge is 0.468 e. The van der Waals surface area contributed by atoms with E-state index < -0.39 is 0 Å². The van der Waals surface area contributed by atoms with Crippen LogP contribution in [0.4, 0.5) is 0 Å². The second kappa shape index (κ2) is 7.27. The van der Waals surface area contributed by atoms with E-state index in [0.29, 0.717) is 13.1 Å². The van der Waals surface area contributed by atoms with E-state index in [1.807, 2.05) is 4.90 Å². The Labute approximate surface area is 102 Å². The highest BCUT2D eigenvalue weighted by Crippen LogP contribution is 2.17. The van der Waals surface area contributed by atoms with Gasteiger partial charge in [-0.15, -0.1) is 0 Å². The molecule has 1 saturated heterocycles. The lowest BCUT2D eigenvalue weighted by molar-refractivity contribution is -0.146. The zero-order valence-corrected chi connectivity index (χ0v) is 10.7. The lowest BCUT2D eigenvalue weighted by Crippen LogP contribution is -2.43. The molecule has 0 aliphatic carbocycles. The molecule has 1 heterocycles. The zero-order chi connectivity index (χ0) is 12.7. The van der Waals surface area contributed by atoms with E-state index in [2.05, 4.69) is 12.2 Å². The van der Waals surface area contributed by atoms with E-state index in [9.17, 15) is 9.59 Å². The Morgan fingerprint density at radius 2 is 2.24 bits per heavy atom. The minimum absolute atomic E-state index is 0.00532. The van der Waals surface area contributed by atoms with Gasteiger partial charge in [-0.1, -0.05) is 13.3 Å². The zero-order valence-electron chi connectivity index (χ0n) is 10.7. The molecule has 5 nitrogen and oxygen atoms in total. The first-order valence-corrected chi connectivity index (χ1v) is 6.27. The van der Waals surface area contributed by atoms with E-state index in [-0.39, 0.29) is 17.9 Å². The summed E-state index contributed by atoms with van der Waals surface area (Å²) >= 11 is 0. The van der Waals surface area contributed by atoms with Crippen LogP contribution in [0.2, 0.25) is 0 Å². The average molecular weight is 242 g/mol. The third kappa shape index (κ3) is 4.34. The predicted octanol–water partition coefficient (Wildman–Crippen LogP) is 0.540. The van der Waals surface area contributed by atoms with Crippen molar-refractivity contribution in [2.75, 3.05) is 26.7 Å². The molecule has 1 amide bonds. The number of nitrogens with zero attached hydrogens (tertiary/aromatic N) is 1. The number of likely N-dealkylation sites (tertiary alicyclic amines) is 1. The van der Waals surface area contributed by atoms with Crippen molar-refractivity contribution in [2.24, 2.45) is 0 Å². The molecular weight excluding hydrogens is 220 g/mol. The fourth-order valence-electron chi connectivity index (χ4n) is 2.06. The molecule has 1 N–H and O–H groups in total. The summed E-state index contributed by atoms with van der Waals surface area (Å²) < 4.78 is 4.73. The van der Waals surface area contributed by atoms with E-state index in [1.54, 1.807) is 0 Å². The smallest absolute Gasteiger partial charge is 0.323 e. The maximum Gasteiger partial charge on any atom is 0.323 e. The maximum absolute atomic E-state index is 11.6. The number of nitrogens with one attached hydrogen (secondary N) is 1. The van der Waals surface area contributed by atoms with Crippen molar-refractivity contribution in [3.05, 3.63) is 0 Å². The molecule has 1 aliphatic heterocycles. The lowest BCUT2D eigenvalue weighted by Gasteiger charge is -2.21. The van der Waals surface area contributed by atoms with Crippen LogP contribution >= 0.6 is 0 Å². The van der Waals surface area contributed by atoms with Crippen LogP contribution in [0.5, 0.6) is 0 Å². The number of carbonyl (C=O) groups excluding carboxylic acids is 2. The highest BCUT2D eigenvalue weighted by Gasteiger charge is 2.32. The molecule has 0 aromatic carbocycles. The van der Waals surface area contributed by atoms with Gasteiger partial charge in [0, 0.05) is 6.54 Å². The molecule has 0 radical (unpaired) electrons. The van der Waals surface area contributed by atoms with Crippen molar-refractivity contribution < 1.29 is 14.3 Å². The second-order valence-electron chi connectivity index (χ2n) is 4.36. The second-order valence-corrected chi connectivity index (χ2v) is 4.36. The van der Waals surface area contributed by atoms with Gasteiger partial charge in [-0.05, 0) is 25.8 Å². The van der Waals surface area contributed by atoms with Crippen LogP contribution in [0, 0.1) is 0 Å². The Morgan fingerprint density at radius 3 is 2.88 bits per heavy atom. The highest BCUT2D eigenvalue weighted by molar-refractivity contribution is 5.80. The Kier molecular flexibility index (Phi) is 5.97. The molecule has 1 rings (SSSR count). The van der Waals surface area contributed by atoms with Crippen LogP contribution < -0.4 is 5.32 Å². The number of hydrogen-bond acceptors (Lipinski definition) is 4. The SMILES string of the molecule is CCCCNC(=O)CN1CCCC1C(=O)OC. The number of esters is 1. The van der Waals surface area contributed by atoms with Crippen molar-refractivity contribution in [1.82, 2.24) is 10.2 Å². The number of unbranched alkanes of at least 4 members (excludes halogenated alkanes) is 1. The molecule has 1 unspecified atom stereocenters. The number of rotatable bonds is 6. The summed E-state index contributed by atoms with van der Waals surface area (Å²) in [6, 6.07) is -0.239. The molecule has 98 valence electrons. The molecule has 0 spiro atoms. The Hall–Kier alpha value is -1.10. The van der Waals surface area contributed by atoms with Crippen molar-refractivity contribution >= 4 is 11.9 Å². The number of hydrogen-bond donors (Lipinski definition) is 1. The fourth-order valence-corrected chi connectivity index (χ4v) is 2.06. The van der Waals surface area contributed by atoms with Crippen molar-refractivity contribution in [1.29, 1.82) is 0 Å². The van der Waals surface area contributed by atoms with E-state index >= 15 is 0 Å². The first-order valence-electron chi connectivity index (χ1n) is 6.27. The third-order valence-electron chi connectivity index (χ3n) is 3.04. The minimum Gasteiger partial charge on any atom is -0.468 e. The van der Waals surface area contributed by atoms with Crippen LogP contribution in [0.3, 0.4) is 0 Å². The third-order valence-corrected chi connectivity index (χ3v) is 3.04. The number of methoxy groups -OCH3 is 1. The van der Waals surface area contributed by atoms with Gasteiger partial charge in [-0.3, -0.25) is 14.5 Å². The molecule has 1 atom stereocenters. The number of carbonyl (C=O) groups is 2. The van der Waals surface area contributed by atoms with Gasteiger partial charge in [-0.2, -0.15) is 0 Å². The minimum atomic E-state index is -0.239. The lowest BCUT2D eigenvalue weighted by atomic mass is 10.2. The van der Waals surface area contributed by atoms with Gasteiger partial charge in [0.2, 0.25) is 5.91 Å². The van der Waals surface area contributed by atoms with Gasteiger partial charge in [0.25, 0.3) is 0 Å². The van der Waals surface area contributed by atoms with Gasteiger partial charge in [-0.25, -0.2) is 0 Å². The van der Waals surface area contributed by atoms with Crippen molar-refractivity contribution in [3.63, 3.8) is 0 Å². The van der Waals surface area contributed by atoms with Crippen LogP contribution in [-0.4, -0.2) is 49.6 Å². The summed E-state index contributed by atoms with van der Waals surface area (Å²) in [4.78, 5) is 25.0. The van der Waals surface area contributed by atoms with E-state index in [0.717, 1.165) is 32.2 Å². The Bertz CT molecular complexity index is 268. The van der Waals surface area contributed by atoms with Gasteiger partial charge < -0.3 is 10.1 Å². The molecule has 1 aliphatic rings. The summed E-state index contributed by atoms with van der Waals surface area (Å²) in [6.07, 6.45) is 3.79. The van der Waals surface area contributed by atoms with Gasteiger partial charge in [0.1, 0.15) is 6.04 Å². The average Bonchev–Trinajstić information content (AvgIpc) is 2.76. The molecule has 17 heavy (non-hydrogen) atoms. The maximum atomic E-state index is 11.6. The van der Waals surface area contributed by atoms with Crippen LogP contribution in [0.25, 0.3) is 0 Å². The molecule has 1 fully saturated rings. The summed E-state index contributed by atoms with van der Waals surface area (Å²) in [5.74, 6) is -0.238. The Balaban J connectivity index is 2.34. The predicted molar refractivity (Wildman–Crippen MR) is 64.5 cm³/mol. The monoisotopic (exact) mass is 242 g/mol. The summed E-state index contributed by atoms with van der Waals surface area (Å²) in [5, 5.41) is 2.86. The van der Waals surface area contributed by atoms with Crippen molar-refractivity contribution in [3.8, 4) is 0 Å². The molecule has 5 heteroatoms.